The Hall–Kier alpha value is -1.58. The number of aromatic nitrogens is 3. The Balaban J connectivity index is 2.71. The zero-order valence-corrected chi connectivity index (χ0v) is 5.16. The van der Waals surface area contributed by atoms with E-state index in [-0.39, 0.29) is 0 Å². The van der Waals surface area contributed by atoms with Crippen molar-refractivity contribution in [2.45, 2.75) is 0 Å². The van der Waals surface area contributed by atoms with Crippen LogP contribution in [0.3, 0.4) is 0 Å². The number of nitrogens with one attached hydrogen (secondary N) is 1. The van der Waals surface area contributed by atoms with E-state index in [1.807, 2.05) is 0 Å². The van der Waals surface area contributed by atoms with Crippen molar-refractivity contribution in [2.24, 2.45) is 0 Å². The fourth-order valence-electron chi connectivity index (χ4n) is 0.832. The van der Waals surface area contributed by atoms with Crippen LogP contribution in [0.2, 0.25) is 0 Å². The minimum atomic E-state index is 0.731. The third-order valence-corrected chi connectivity index (χ3v) is 1.32. The molecule has 0 saturated carbocycles. The van der Waals surface area contributed by atoms with Crippen LogP contribution in [0, 0.1) is 0 Å². The first-order chi connectivity index (χ1) is 4.92. The molecule has 2 heterocycles. The molecule has 0 aromatic carbocycles. The molecule has 0 spiro atoms. The third kappa shape index (κ3) is 0.500. The third-order valence-electron chi connectivity index (χ3n) is 1.32. The van der Waals surface area contributed by atoms with Gasteiger partial charge in [0.05, 0.1) is 11.9 Å². The largest absolute Gasteiger partial charge is 0.270 e. The van der Waals surface area contributed by atoms with Crippen LogP contribution in [-0.4, -0.2) is 15.3 Å². The van der Waals surface area contributed by atoms with Gasteiger partial charge in [0.2, 0.25) is 0 Å². The molecule has 1 N–H and O–H groups in total. The van der Waals surface area contributed by atoms with Gasteiger partial charge in [-0.2, -0.15) is 5.16 Å². The van der Waals surface area contributed by atoms with Crippen LogP contribution in [-0.2, 0) is 0 Å². The van der Waals surface area contributed by atoms with Gasteiger partial charge >= 0.3 is 0 Å². The quantitative estimate of drug-likeness (QED) is 0.638. The molecule has 0 bridgehead atoms. The summed E-state index contributed by atoms with van der Waals surface area (Å²) in [7, 11) is 0. The summed E-state index contributed by atoms with van der Waals surface area (Å²) in [6.45, 7) is 3.57. The predicted molar refractivity (Wildman–Crippen MR) is 35.4 cm³/mol. The summed E-state index contributed by atoms with van der Waals surface area (Å²) in [5, 5.41) is 6.26. The Labute approximate surface area is 56.9 Å². The Morgan fingerprint density at radius 2 is 2.60 bits per heavy atom. The monoisotopic (exact) mass is 135 g/mol. The lowest BCUT2D eigenvalue weighted by molar-refractivity contribution is 0.312. The summed E-state index contributed by atoms with van der Waals surface area (Å²) in [6.07, 6.45) is 3.29. The highest BCUT2D eigenvalue weighted by Crippen LogP contribution is 2.20. The van der Waals surface area contributed by atoms with E-state index >= 15 is 0 Å². The fraction of sp³-hybridized carbons (Fsp3) is 0. The molecular formula is C6H5N3O. The summed E-state index contributed by atoms with van der Waals surface area (Å²) in [4.78, 5) is 4.00. The van der Waals surface area contributed by atoms with Crippen LogP contribution in [0.15, 0.2) is 17.4 Å². The summed E-state index contributed by atoms with van der Waals surface area (Å²) in [5.74, 6) is 0. The average molecular weight is 135 g/mol. The van der Waals surface area contributed by atoms with Crippen molar-refractivity contribution in [3.63, 3.8) is 0 Å². The van der Waals surface area contributed by atoms with Gasteiger partial charge in [0.15, 0.2) is 5.69 Å². The molecule has 4 nitrogen and oxygen atoms in total. The van der Waals surface area contributed by atoms with Crippen molar-refractivity contribution < 1.29 is 4.63 Å². The molecule has 0 aliphatic carbocycles. The van der Waals surface area contributed by atoms with Crippen LogP contribution in [0.1, 0.15) is 5.69 Å². The van der Waals surface area contributed by atoms with Crippen LogP contribution < -0.4 is 0 Å². The highest BCUT2D eigenvalue weighted by atomic mass is 16.6. The summed E-state index contributed by atoms with van der Waals surface area (Å²) >= 11 is 0. The molecule has 10 heavy (non-hydrogen) atoms. The van der Waals surface area contributed by atoms with E-state index in [9.17, 15) is 0 Å². The molecule has 4 heteroatoms. The van der Waals surface area contributed by atoms with E-state index in [2.05, 4.69) is 26.5 Å². The van der Waals surface area contributed by atoms with Gasteiger partial charge in [-0.1, -0.05) is 6.58 Å². The maximum atomic E-state index is 4.58. The number of nitrogens with zero attached hydrogens (tertiary/aromatic N) is 2. The Morgan fingerprint density at radius 1 is 1.70 bits per heavy atom. The summed E-state index contributed by atoms with van der Waals surface area (Å²) < 4.78 is 4.58. The van der Waals surface area contributed by atoms with Crippen LogP contribution in [0.5, 0.6) is 0 Å². The number of rotatable bonds is 1. The van der Waals surface area contributed by atoms with Gasteiger partial charge in [0.25, 0.3) is 0 Å². The van der Waals surface area contributed by atoms with Gasteiger partial charge in [-0.25, -0.2) is 0 Å². The van der Waals surface area contributed by atoms with Gasteiger partial charge in [-0.3, -0.25) is 9.61 Å². The molecule has 50 valence electrons. The van der Waals surface area contributed by atoms with E-state index in [0.717, 1.165) is 17.1 Å². The number of hydrogen-bond acceptors (Lipinski definition) is 3. The van der Waals surface area contributed by atoms with Gasteiger partial charge in [-0.05, 0) is 11.2 Å². The van der Waals surface area contributed by atoms with E-state index < -0.39 is 0 Å². The second-order valence-corrected chi connectivity index (χ2v) is 1.89. The van der Waals surface area contributed by atoms with Crippen molar-refractivity contribution in [3.05, 3.63) is 18.5 Å². The van der Waals surface area contributed by atoms with E-state index in [1.165, 1.54) is 0 Å². The highest BCUT2D eigenvalue weighted by molar-refractivity contribution is 5.66. The highest BCUT2D eigenvalue weighted by Gasteiger charge is 2.12. The molecule has 2 aliphatic rings. The first-order valence-electron chi connectivity index (χ1n) is 2.83. The molecule has 0 atom stereocenters. The number of fused-ring (bicyclic) bond motifs is 1. The van der Waals surface area contributed by atoms with Gasteiger partial charge in [-0.15, -0.1) is 0 Å². The summed E-state index contributed by atoms with van der Waals surface area (Å²) in [6, 6.07) is 0. The first-order valence-corrected chi connectivity index (χ1v) is 2.83. The normalized spacial score (nSPS) is 10.4. The molecule has 0 aromatic heterocycles. The van der Waals surface area contributed by atoms with Crippen LogP contribution in [0.25, 0.3) is 17.5 Å². The van der Waals surface area contributed by atoms with E-state index in [1.54, 1.807) is 12.3 Å². The minimum absolute atomic E-state index is 0.731. The Bertz CT molecular complexity index is 322. The predicted octanol–water partition coefficient (Wildman–Crippen LogP) is 1.15. The molecule has 0 radical (unpaired) electrons. The molecule has 2 rings (SSSR count). The SMILES string of the molecule is C=Cc1ncc2[nH]onc1-2. The van der Waals surface area contributed by atoms with Gasteiger partial charge in [0, 0.05) is 0 Å². The lowest BCUT2D eigenvalue weighted by Gasteiger charge is -1.79. The zero-order valence-electron chi connectivity index (χ0n) is 5.16. The molecule has 0 unspecified atom stereocenters. The molecule has 2 aliphatic heterocycles. The number of hydrogen-bond donors (Lipinski definition) is 1. The van der Waals surface area contributed by atoms with E-state index in [0.29, 0.717) is 0 Å². The fourth-order valence-corrected chi connectivity index (χ4v) is 0.832. The number of aromatic amines is 1. The van der Waals surface area contributed by atoms with Gasteiger partial charge in [0.1, 0.15) is 5.69 Å². The second kappa shape index (κ2) is 1.70. The topological polar surface area (TPSA) is 54.7 Å². The van der Waals surface area contributed by atoms with Crippen LogP contribution in [0.4, 0.5) is 0 Å². The van der Waals surface area contributed by atoms with Crippen LogP contribution >= 0.6 is 0 Å². The van der Waals surface area contributed by atoms with E-state index in [4.69, 9.17) is 0 Å². The van der Waals surface area contributed by atoms with Crippen molar-refractivity contribution in [3.8, 4) is 11.4 Å². The summed E-state index contributed by atoms with van der Waals surface area (Å²) in [5.41, 5.74) is 2.28. The Morgan fingerprint density at radius 3 is 3.40 bits per heavy atom. The smallest absolute Gasteiger partial charge is 0.159 e. The Kier molecular flexibility index (Phi) is 0.887. The standard InChI is InChI=1S/C6H5N3O/c1-2-4-6-5(3-7-4)8-10-9-6/h2-3,8H,1H2. The molecule has 0 amide bonds. The lowest BCUT2D eigenvalue weighted by atomic mass is 10.3. The molecule has 0 aromatic rings. The maximum absolute atomic E-state index is 4.58. The lowest BCUT2D eigenvalue weighted by Crippen LogP contribution is -1.72. The molecular weight excluding hydrogens is 130 g/mol. The van der Waals surface area contributed by atoms with Crippen molar-refractivity contribution >= 4 is 6.08 Å². The van der Waals surface area contributed by atoms with Crippen molar-refractivity contribution in [1.29, 1.82) is 0 Å². The maximum Gasteiger partial charge on any atom is 0.159 e. The minimum Gasteiger partial charge on any atom is -0.270 e. The zero-order chi connectivity index (χ0) is 6.97. The average Bonchev–Trinajstić information content (AvgIpc) is 2.44. The van der Waals surface area contributed by atoms with Gasteiger partial charge < -0.3 is 0 Å². The van der Waals surface area contributed by atoms with Crippen molar-refractivity contribution in [2.75, 3.05) is 0 Å². The second-order valence-electron chi connectivity index (χ2n) is 1.89. The number of H-pyrrole nitrogens is 1. The molecule has 0 saturated heterocycles. The molecule has 0 fully saturated rings. The first kappa shape index (κ1) is 5.22. The van der Waals surface area contributed by atoms with Crippen molar-refractivity contribution in [1.82, 2.24) is 15.3 Å².